The van der Waals surface area contributed by atoms with E-state index < -0.39 is 27.3 Å². The molecule has 1 unspecified atom stereocenters. The zero-order chi connectivity index (χ0) is 24.0. The number of carboxylic acid groups (broad SMARTS) is 1. The number of carboxylic acids is 1. The SMILES string of the molecule is CCOc1ccc2c(c1)C(C)(c1ccccc1Cl)C(=O)N2S(=O)(=O)c1ccc(C(=O)O)cc1. The third-order valence-electron chi connectivity index (χ3n) is 5.70. The van der Waals surface area contributed by atoms with Gasteiger partial charge in [-0.05, 0) is 67.9 Å². The van der Waals surface area contributed by atoms with Gasteiger partial charge >= 0.3 is 5.97 Å². The lowest BCUT2D eigenvalue weighted by atomic mass is 9.77. The minimum atomic E-state index is -4.35. The molecule has 1 amide bonds. The Morgan fingerprint density at radius 1 is 1.06 bits per heavy atom. The number of benzene rings is 3. The van der Waals surface area contributed by atoms with E-state index in [4.69, 9.17) is 21.4 Å². The first kappa shape index (κ1) is 22.8. The van der Waals surface area contributed by atoms with Crippen molar-refractivity contribution in [2.24, 2.45) is 0 Å². The Bertz CT molecular complexity index is 1370. The second-order valence-corrected chi connectivity index (χ2v) is 9.81. The van der Waals surface area contributed by atoms with Gasteiger partial charge in [0.15, 0.2) is 0 Å². The summed E-state index contributed by atoms with van der Waals surface area (Å²) in [5.74, 6) is -1.38. The molecule has 0 bridgehead atoms. The molecule has 0 saturated heterocycles. The first-order valence-corrected chi connectivity index (χ1v) is 11.9. The van der Waals surface area contributed by atoms with Crippen LogP contribution in [0.5, 0.6) is 5.75 Å². The molecule has 0 fully saturated rings. The molecule has 1 aliphatic heterocycles. The fourth-order valence-electron chi connectivity index (χ4n) is 4.02. The summed E-state index contributed by atoms with van der Waals surface area (Å²) in [5, 5.41) is 9.44. The number of carbonyl (C=O) groups excluding carboxylic acids is 1. The lowest BCUT2D eigenvalue weighted by Gasteiger charge is -2.26. The third kappa shape index (κ3) is 3.55. The number of anilines is 1. The number of sulfonamides is 1. The van der Waals surface area contributed by atoms with E-state index in [0.29, 0.717) is 28.5 Å². The van der Waals surface area contributed by atoms with Crippen molar-refractivity contribution in [1.29, 1.82) is 0 Å². The molecule has 0 aliphatic carbocycles. The van der Waals surface area contributed by atoms with Gasteiger partial charge in [0, 0.05) is 10.6 Å². The van der Waals surface area contributed by atoms with Crippen LogP contribution in [0.3, 0.4) is 0 Å². The summed E-state index contributed by atoms with van der Waals surface area (Å²) in [6.07, 6.45) is 0. The van der Waals surface area contributed by atoms with Crippen molar-refractivity contribution in [3.63, 3.8) is 0 Å². The van der Waals surface area contributed by atoms with Gasteiger partial charge in [-0.15, -0.1) is 0 Å². The van der Waals surface area contributed by atoms with Crippen LogP contribution in [-0.2, 0) is 20.2 Å². The van der Waals surface area contributed by atoms with E-state index >= 15 is 0 Å². The van der Waals surface area contributed by atoms with Gasteiger partial charge in [0.25, 0.3) is 15.9 Å². The van der Waals surface area contributed by atoms with Crippen LogP contribution in [0.2, 0.25) is 5.02 Å². The second kappa shape index (κ2) is 8.20. The highest BCUT2D eigenvalue weighted by atomic mass is 35.5. The summed E-state index contributed by atoms with van der Waals surface area (Å²) < 4.78 is 33.6. The predicted molar refractivity (Wildman–Crippen MR) is 124 cm³/mol. The lowest BCUT2D eigenvalue weighted by Crippen LogP contribution is -2.42. The first-order valence-electron chi connectivity index (χ1n) is 10.1. The Morgan fingerprint density at radius 3 is 2.33 bits per heavy atom. The molecule has 1 heterocycles. The standard InChI is InChI=1S/C24H20ClNO6S/c1-3-32-16-10-13-21-19(14-16)24(2,18-6-4-5-7-20(18)25)23(29)26(21)33(30,31)17-11-8-15(9-12-17)22(27)28/h4-14H,3H2,1-2H3,(H,27,28). The maximum atomic E-state index is 13.9. The van der Waals surface area contributed by atoms with Crippen molar-refractivity contribution >= 4 is 39.2 Å². The number of aromatic carboxylic acids is 1. The van der Waals surface area contributed by atoms with E-state index in [9.17, 15) is 18.0 Å². The quantitative estimate of drug-likeness (QED) is 0.552. The Balaban J connectivity index is 1.94. The van der Waals surface area contributed by atoms with Crippen molar-refractivity contribution in [3.05, 3.63) is 88.4 Å². The van der Waals surface area contributed by atoms with E-state index in [1.807, 2.05) is 6.92 Å². The third-order valence-corrected chi connectivity index (χ3v) is 7.74. The number of carbonyl (C=O) groups is 2. The van der Waals surface area contributed by atoms with Gasteiger partial charge in [-0.3, -0.25) is 4.79 Å². The molecular weight excluding hydrogens is 466 g/mol. The number of nitrogens with zero attached hydrogens (tertiary/aromatic N) is 1. The fraction of sp³-hybridized carbons (Fsp3) is 0.167. The molecule has 3 aromatic rings. The molecule has 7 nitrogen and oxygen atoms in total. The molecule has 0 spiro atoms. The van der Waals surface area contributed by atoms with Crippen LogP contribution >= 0.6 is 11.6 Å². The first-order chi connectivity index (χ1) is 15.6. The van der Waals surface area contributed by atoms with Crippen molar-refractivity contribution in [3.8, 4) is 5.75 Å². The summed E-state index contributed by atoms with van der Waals surface area (Å²) in [7, 11) is -4.35. The topological polar surface area (TPSA) is 101 Å². The van der Waals surface area contributed by atoms with Gasteiger partial charge in [0.1, 0.15) is 11.2 Å². The number of rotatable bonds is 6. The molecule has 0 saturated carbocycles. The van der Waals surface area contributed by atoms with E-state index in [1.54, 1.807) is 43.3 Å². The minimum absolute atomic E-state index is 0.0654. The molecule has 1 aliphatic rings. The Labute approximate surface area is 196 Å². The second-order valence-electron chi connectivity index (χ2n) is 7.62. The van der Waals surface area contributed by atoms with E-state index in [0.717, 1.165) is 4.31 Å². The average molecular weight is 486 g/mol. The average Bonchev–Trinajstić information content (AvgIpc) is 3.02. The van der Waals surface area contributed by atoms with Gasteiger partial charge in [0.05, 0.1) is 22.8 Å². The number of hydrogen-bond acceptors (Lipinski definition) is 5. The van der Waals surface area contributed by atoms with Gasteiger partial charge in [-0.1, -0.05) is 29.8 Å². The Kier molecular flexibility index (Phi) is 5.67. The number of ether oxygens (including phenoxy) is 1. The van der Waals surface area contributed by atoms with Crippen LogP contribution in [0.15, 0.2) is 71.6 Å². The number of halogens is 1. The van der Waals surface area contributed by atoms with Crippen LogP contribution < -0.4 is 9.04 Å². The molecule has 170 valence electrons. The molecule has 3 aromatic carbocycles. The highest BCUT2D eigenvalue weighted by Crippen LogP contribution is 2.50. The number of hydrogen-bond donors (Lipinski definition) is 1. The van der Waals surface area contributed by atoms with Crippen LogP contribution in [0.25, 0.3) is 0 Å². The summed E-state index contributed by atoms with van der Waals surface area (Å²) in [6, 6.07) is 16.3. The zero-order valence-corrected chi connectivity index (χ0v) is 19.4. The largest absolute Gasteiger partial charge is 0.494 e. The summed E-state index contributed by atoms with van der Waals surface area (Å²) in [6.45, 7) is 3.85. The molecular formula is C24H20ClNO6S. The molecule has 1 atom stereocenters. The molecule has 33 heavy (non-hydrogen) atoms. The molecule has 9 heteroatoms. The monoisotopic (exact) mass is 485 g/mol. The fourth-order valence-corrected chi connectivity index (χ4v) is 5.85. The van der Waals surface area contributed by atoms with E-state index in [1.165, 1.54) is 30.3 Å². The van der Waals surface area contributed by atoms with Crippen LogP contribution in [0.4, 0.5) is 5.69 Å². The minimum Gasteiger partial charge on any atom is -0.494 e. The van der Waals surface area contributed by atoms with Crippen LogP contribution in [0, 0.1) is 0 Å². The van der Waals surface area contributed by atoms with Crippen LogP contribution in [0.1, 0.15) is 35.3 Å². The Hall–Kier alpha value is -3.36. The van der Waals surface area contributed by atoms with Crippen molar-refractivity contribution in [2.75, 3.05) is 10.9 Å². The molecule has 0 radical (unpaired) electrons. The molecule has 4 rings (SSSR count). The van der Waals surface area contributed by atoms with E-state index in [2.05, 4.69) is 0 Å². The van der Waals surface area contributed by atoms with E-state index in [-0.39, 0.29) is 16.1 Å². The normalized spacial score (nSPS) is 17.7. The summed E-state index contributed by atoms with van der Waals surface area (Å²) in [5.41, 5.74) is -0.366. The maximum absolute atomic E-state index is 13.9. The Morgan fingerprint density at radius 2 is 1.73 bits per heavy atom. The van der Waals surface area contributed by atoms with Gasteiger partial charge in [-0.2, -0.15) is 0 Å². The lowest BCUT2D eigenvalue weighted by molar-refractivity contribution is -0.120. The van der Waals surface area contributed by atoms with Crippen molar-refractivity contribution in [1.82, 2.24) is 0 Å². The van der Waals surface area contributed by atoms with Gasteiger partial charge < -0.3 is 9.84 Å². The predicted octanol–water partition coefficient (Wildman–Crippen LogP) is 4.48. The van der Waals surface area contributed by atoms with Gasteiger partial charge in [-0.25, -0.2) is 17.5 Å². The summed E-state index contributed by atoms with van der Waals surface area (Å²) >= 11 is 6.45. The highest BCUT2D eigenvalue weighted by Gasteiger charge is 2.54. The summed E-state index contributed by atoms with van der Waals surface area (Å²) in [4.78, 5) is 24.8. The smallest absolute Gasteiger partial charge is 0.335 e. The number of amides is 1. The zero-order valence-electron chi connectivity index (χ0n) is 17.8. The number of fused-ring (bicyclic) bond motifs is 1. The molecule has 0 aromatic heterocycles. The maximum Gasteiger partial charge on any atom is 0.335 e. The molecule has 1 N–H and O–H groups in total. The van der Waals surface area contributed by atoms with Gasteiger partial charge in [0.2, 0.25) is 0 Å². The van der Waals surface area contributed by atoms with Crippen LogP contribution in [-0.4, -0.2) is 32.0 Å². The van der Waals surface area contributed by atoms with Crippen molar-refractivity contribution < 1.29 is 27.9 Å². The van der Waals surface area contributed by atoms with Crippen molar-refractivity contribution in [2.45, 2.75) is 24.2 Å². The highest BCUT2D eigenvalue weighted by molar-refractivity contribution is 7.93.